The summed E-state index contributed by atoms with van der Waals surface area (Å²) in [5, 5.41) is 3.60. The van der Waals surface area contributed by atoms with Gasteiger partial charge < -0.3 is 4.90 Å². The molecule has 0 aliphatic carbocycles. The molecule has 3 rings (SSSR count). The Bertz CT molecular complexity index is 660. The van der Waals surface area contributed by atoms with Gasteiger partial charge in [-0.25, -0.2) is 8.78 Å². The molecule has 1 saturated heterocycles. The van der Waals surface area contributed by atoms with Crippen molar-refractivity contribution in [3.63, 3.8) is 0 Å². The first-order valence-electron chi connectivity index (χ1n) is 7.03. The van der Waals surface area contributed by atoms with Crippen LogP contribution in [0.15, 0.2) is 35.0 Å². The van der Waals surface area contributed by atoms with E-state index in [0.29, 0.717) is 30.6 Å². The number of rotatable bonds is 2. The lowest BCUT2D eigenvalue weighted by Gasteiger charge is -2.19. The first-order valence-corrected chi connectivity index (χ1v) is 9.02. The lowest BCUT2D eigenvalue weighted by Crippen LogP contribution is -2.32. The Morgan fingerprint density at radius 2 is 2.09 bits per heavy atom. The van der Waals surface area contributed by atoms with Crippen molar-refractivity contribution >= 4 is 29.0 Å². The number of carbonyl (C=O) groups excluding carboxylic acids is 1. The average molecular weight is 339 g/mol. The van der Waals surface area contributed by atoms with Crippen LogP contribution in [-0.2, 0) is 0 Å². The van der Waals surface area contributed by atoms with Crippen LogP contribution < -0.4 is 0 Å². The molecule has 2 aromatic rings. The maximum atomic E-state index is 13.9. The van der Waals surface area contributed by atoms with Crippen LogP contribution in [0.4, 0.5) is 8.78 Å². The highest BCUT2D eigenvalue weighted by Crippen LogP contribution is 2.36. The molecule has 1 aromatic heterocycles. The van der Waals surface area contributed by atoms with E-state index in [1.807, 2.05) is 16.8 Å². The number of thioether (sulfide) groups is 1. The number of amides is 1. The zero-order chi connectivity index (χ0) is 15.5. The molecule has 0 saturated carbocycles. The molecule has 1 amide bonds. The van der Waals surface area contributed by atoms with Gasteiger partial charge in [-0.2, -0.15) is 23.1 Å². The maximum absolute atomic E-state index is 13.9. The molecule has 0 spiro atoms. The fraction of sp³-hybridized carbons (Fsp3) is 0.312. The van der Waals surface area contributed by atoms with E-state index in [4.69, 9.17) is 0 Å². The molecule has 1 aliphatic rings. The van der Waals surface area contributed by atoms with E-state index < -0.39 is 5.82 Å². The van der Waals surface area contributed by atoms with Crippen LogP contribution in [0.5, 0.6) is 0 Å². The Balaban J connectivity index is 1.72. The van der Waals surface area contributed by atoms with Gasteiger partial charge in [0.15, 0.2) is 0 Å². The van der Waals surface area contributed by atoms with Gasteiger partial charge in [-0.05, 0) is 36.1 Å². The van der Waals surface area contributed by atoms with Crippen LogP contribution >= 0.6 is 23.1 Å². The molecular formula is C16H15F2NOS2. The van der Waals surface area contributed by atoms with E-state index in [1.54, 1.807) is 16.7 Å². The molecule has 0 bridgehead atoms. The highest BCUT2D eigenvalue weighted by Gasteiger charge is 2.24. The van der Waals surface area contributed by atoms with Gasteiger partial charge in [0.1, 0.15) is 11.6 Å². The van der Waals surface area contributed by atoms with Gasteiger partial charge in [0, 0.05) is 35.0 Å². The van der Waals surface area contributed by atoms with Gasteiger partial charge in [-0.15, -0.1) is 0 Å². The van der Waals surface area contributed by atoms with Crippen molar-refractivity contribution in [1.82, 2.24) is 4.90 Å². The lowest BCUT2D eigenvalue weighted by atomic mass is 10.1. The smallest absolute Gasteiger partial charge is 0.254 e. The Hall–Kier alpha value is -1.40. The van der Waals surface area contributed by atoms with Crippen LogP contribution in [0.2, 0.25) is 0 Å². The zero-order valence-electron chi connectivity index (χ0n) is 11.8. The maximum Gasteiger partial charge on any atom is 0.254 e. The van der Waals surface area contributed by atoms with E-state index >= 15 is 0 Å². The largest absolute Gasteiger partial charge is 0.338 e. The van der Waals surface area contributed by atoms with E-state index in [2.05, 4.69) is 0 Å². The molecule has 0 unspecified atom stereocenters. The summed E-state index contributed by atoms with van der Waals surface area (Å²) in [6.45, 7) is 1.19. The van der Waals surface area contributed by atoms with Crippen molar-refractivity contribution in [1.29, 1.82) is 0 Å². The molecule has 1 aromatic carbocycles. The molecule has 2 nitrogen and oxygen atoms in total. The number of hydrogen-bond donors (Lipinski definition) is 0. The van der Waals surface area contributed by atoms with E-state index in [9.17, 15) is 13.6 Å². The fourth-order valence-electron chi connectivity index (χ4n) is 2.55. The van der Waals surface area contributed by atoms with Gasteiger partial charge in [0.25, 0.3) is 5.91 Å². The highest BCUT2D eigenvalue weighted by molar-refractivity contribution is 7.99. The van der Waals surface area contributed by atoms with Gasteiger partial charge in [0.05, 0.1) is 5.56 Å². The Labute approximate surface area is 136 Å². The van der Waals surface area contributed by atoms with Gasteiger partial charge in [-0.3, -0.25) is 4.79 Å². The molecule has 1 aliphatic heterocycles. The van der Waals surface area contributed by atoms with Crippen LogP contribution in [0.3, 0.4) is 0 Å². The molecule has 2 heterocycles. The van der Waals surface area contributed by atoms with Crippen molar-refractivity contribution in [3.05, 3.63) is 57.8 Å². The molecule has 22 heavy (non-hydrogen) atoms. The summed E-state index contributed by atoms with van der Waals surface area (Å²) in [5.41, 5.74) is 1.10. The van der Waals surface area contributed by atoms with Crippen LogP contribution in [0.25, 0.3) is 0 Å². The molecule has 1 atom stereocenters. The van der Waals surface area contributed by atoms with Crippen LogP contribution in [0.1, 0.15) is 27.6 Å². The van der Waals surface area contributed by atoms with E-state index in [1.165, 1.54) is 23.5 Å². The third kappa shape index (κ3) is 3.33. The second-order valence-corrected chi connectivity index (χ2v) is 7.21. The van der Waals surface area contributed by atoms with Gasteiger partial charge >= 0.3 is 0 Å². The predicted molar refractivity (Wildman–Crippen MR) is 86.4 cm³/mol. The molecule has 0 N–H and O–H groups in total. The minimum atomic E-state index is -0.424. The first-order chi connectivity index (χ1) is 10.6. The monoisotopic (exact) mass is 339 g/mol. The van der Waals surface area contributed by atoms with Crippen molar-refractivity contribution in [2.75, 3.05) is 18.8 Å². The number of carbonyl (C=O) groups is 1. The molecular weight excluding hydrogens is 324 g/mol. The first kappa shape index (κ1) is 15.5. The number of benzene rings is 1. The second-order valence-electron chi connectivity index (χ2n) is 5.12. The third-order valence-corrected chi connectivity index (χ3v) is 5.70. The van der Waals surface area contributed by atoms with Crippen LogP contribution in [-0.4, -0.2) is 29.6 Å². The summed E-state index contributed by atoms with van der Waals surface area (Å²) in [6, 6.07) is 5.38. The standard InChI is InChI=1S/C16H15F2NOS2/c17-12-1-2-14(18)13(9-12)15-3-5-19(6-8-22-15)16(20)11-4-7-21-10-11/h1-2,4,7,9-10,15H,3,5-6,8H2/t15-/m1/s1. The second kappa shape index (κ2) is 6.79. The summed E-state index contributed by atoms with van der Waals surface area (Å²) in [6.07, 6.45) is 0.626. The predicted octanol–water partition coefficient (Wildman–Crippen LogP) is 4.35. The van der Waals surface area contributed by atoms with Crippen molar-refractivity contribution in [2.24, 2.45) is 0 Å². The quantitative estimate of drug-likeness (QED) is 0.811. The molecule has 1 fully saturated rings. The van der Waals surface area contributed by atoms with Crippen molar-refractivity contribution < 1.29 is 13.6 Å². The Morgan fingerprint density at radius 1 is 1.23 bits per heavy atom. The minimum Gasteiger partial charge on any atom is -0.338 e. The van der Waals surface area contributed by atoms with Crippen molar-refractivity contribution in [3.8, 4) is 0 Å². The lowest BCUT2D eigenvalue weighted by molar-refractivity contribution is 0.0767. The third-order valence-electron chi connectivity index (χ3n) is 3.70. The van der Waals surface area contributed by atoms with Crippen LogP contribution in [0, 0.1) is 11.6 Å². The summed E-state index contributed by atoms with van der Waals surface area (Å²) in [7, 11) is 0. The SMILES string of the molecule is O=C(c1ccsc1)N1CCS[C@@H](c2cc(F)ccc2F)CC1. The van der Waals surface area contributed by atoms with E-state index in [-0.39, 0.29) is 17.0 Å². The average Bonchev–Trinajstić information content (AvgIpc) is 2.94. The van der Waals surface area contributed by atoms with Crippen molar-refractivity contribution in [2.45, 2.75) is 11.7 Å². The normalized spacial score (nSPS) is 19.0. The summed E-state index contributed by atoms with van der Waals surface area (Å²) in [5.74, 6) is -0.0672. The summed E-state index contributed by atoms with van der Waals surface area (Å²) < 4.78 is 27.3. The number of thiophene rings is 1. The fourth-order valence-corrected chi connectivity index (χ4v) is 4.42. The highest BCUT2D eigenvalue weighted by atomic mass is 32.2. The van der Waals surface area contributed by atoms with E-state index in [0.717, 1.165) is 11.8 Å². The molecule has 0 radical (unpaired) electrons. The minimum absolute atomic E-state index is 0.0159. The molecule has 116 valence electrons. The zero-order valence-corrected chi connectivity index (χ0v) is 13.4. The number of hydrogen-bond acceptors (Lipinski definition) is 3. The number of halogens is 2. The van der Waals surface area contributed by atoms with Gasteiger partial charge in [0.2, 0.25) is 0 Å². The summed E-state index contributed by atoms with van der Waals surface area (Å²) in [4.78, 5) is 14.2. The summed E-state index contributed by atoms with van der Waals surface area (Å²) >= 11 is 3.07. The Kier molecular flexibility index (Phi) is 4.78. The Morgan fingerprint density at radius 3 is 2.86 bits per heavy atom. The topological polar surface area (TPSA) is 20.3 Å². The number of nitrogens with zero attached hydrogens (tertiary/aromatic N) is 1. The van der Waals surface area contributed by atoms with Gasteiger partial charge in [-0.1, -0.05) is 0 Å². The molecule has 6 heteroatoms.